The Morgan fingerprint density at radius 2 is 1.76 bits per heavy atom. The van der Waals surface area contributed by atoms with E-state index in [0.29, 0.717) is 24.2 Å². The van der Waals surface area contributed by atoms with E-state index in [2.05, 4.69) is 16.0 Å². The average Bonchev–Trinajstić information content (AvgIpc) is 2.35. The van der Waals surface area contributed by atoms with Crippen LogP contribution in [0, 0.1) is 0 Å². The number of hydrogen-bond acceptors (Lipinski definition) is 3. The number of para-hydroxylation sites is 1. The zero-order chi connectivity index (χ0) is 15.2. The smallest absolute Gasteiger partial charge is 0.253 e. The first-order valence-electron chi connectivity index (χ1n) is 6.69. The maximum absolute atomic E-state index is 12.2. The van der Waals surface area contributed by atoms with E-state index in [1.54, 1.807) is 31.3 Å². The molecule has 0 aromatic heterocycles. The Balaban J connectivity index is 0.00000400. The average molecular weight is 314 g/mol. The van der Waals surface area contributed by atoms with Crippen LogP contribution in [-0.2, 0) is 4.79 Å². The number of rotatable bonds is 5. The van der Waals surface area contributed by atoms with Crippen LogP contribution in [0.25, 0.3) is 0 Å². The lowest BCUT2D eigenvalue weighted by Crippen LogP contribution is -2.40. The molecule has 0 saturated heterocycles. The van der Waals surface area contributed by atoms with Gasteiger partial charge in [0.1, 0.15) is 0 Å². The van der Waals surface area contributed by atoms with E-state index >= 15 is 0 Å². The molecule has 118 valence electrons. The standard InChI is InChI=1S/C15H23N3O2.ClH/c1-15(2,3)18-14(20)11-7-5-6-8-12(11)17-13(19)9-10-16-4;/h5-8,16H,9-10H2,1-4H3,(H,17,19)(H,18,20);1H. The largest absolute Gasteiger partial charge is 0.347 e. The number of hydrogen-bond donors (Lipinski definition) is 3. The van der Waals surface area contributed by atoms with E-state index < -0.39 is 0 Å². The summed E-state index contributed by atoms with van der Waals surface area (Å²) in [5.74, 6) is -0.308. The molecular formula is C15H24ClN3O2. The van der Waals surface area contributed by atoms with E-state index in [1.807, 2.05) is 20.8 Å². The summed E-state index contributed by atoms with van der Waals surface area (Å²) in [7, 11) is 1.79. The Bertz CT molecular complexity index is 484. The molecule has 0 heterocycles. The van der Waals surface area contributed by atoms with Gasteiger partial charge in [-0.3, -0.25) is 9.59 Å². The fourth-order valence-corrected chi connectivity index (χ4v) is 1.65. The summed E-state index contributed by atoms with van der Waals surface area (Å²) < 4.78 is 0. The Kier molecular flexibility index (Phi) is 7.99. The minimum atomic E-state index is -0.319. The van der Waals surface area contributed by atoms with Gasteiger partial charge >= 0.3 is 0 Å². The van der Waals surface area contributed by atoms with Crippen LogP contribution in [-0.4, -0.2) is 30.9 Å². The predicted molar refractivity (Wildman–Crippen MR) is 88.1 cm³/mol. The second kappa shape index (κ2) is 8.64. The first-order chi connectivity index (χ1) is 9.33. The van der Waals surface area contributed by atoms with Crippen molar-refractivity contribution in [2.45, 2.75) is 32.7 Å². The van der Waals surface area contributed by atoms with E-state index in [-0.39, 0.29) is 29.8 Å². The molecule has 1 rings (SSSR count). The lowest BCUT2D eigenvalue weighted by atomic mass is 10.1. The van der Waals surface area contributed by atoms with Crippen molar-refractivity contribution < 1.29 is 9.59 Å². The molecule has 3 N–H and O–H groups in total. The van der Waals surface area contributed by atoms with Gasteiger partial charge < -0.3 is 16.0 Å². The first kappa shape index (κ1) is 19.4. The molecule has 5 nitrogen and oxygen atoms in total. The molecule has 0 aliphatic heterocycles. The zero-order valence-corrected chi connectivity index (χ0v) is 13.8. The Morgan fingerprint density at radius 1 is 1.14 bits per heavy atom. The highest BCUT2D eigenvalue weighted by Gasteiger charge is 2.18. The summed E-state index contributed by atoms with van der Waals surface area (Å²) in [6, 6.07) is 7.01. The Morgan fingerprint density at radius 3 is 2.33 bits per heavy atom. The summed E-state index contributed by atoms with van der Waals surface area (Å²) in [5, 5.41) is 8.57. The van der Waals surface area contributed by atoms with Gasteiger partial charge in [0, 0.05) is 18.5 Å². The Hall–Kier alpha value is -1.59. The van der Waals surface area contributed by atoms with Crippen molar-refractivity contribution in [1.29, 1.82) is 0 Å². The normalized spacial score (nSPS) is 10.5. The number of amides is 2. The highest BCUT2D eigenvalue weighted by Crippen LogP contribution is 2.16. The van der Waals surface area contributed by atoms with Crippen molar-refractivity contribution in [2.24, 2.45) is 0 Å². The summed E-state index contributed by atoms with van der Waals surface area (Å²) in [5.41, 5.74) is 0.691. The summed E-state index contributed by atoms with van der Waals surface area (Å²) in [4.78, 5) is 24.0. The molecule has 0 aliphatic carbocycles. The first-order valence-corrected chi connectivity index (χ1v) is 6.69. The minimum absolute atomic E-state index is 0. The quantitative estimate of drug-likeness (QED) is 0.780. The number of nitrogens with one attached hydrogen (secondary N) is 3. The van der Waals surface area contributed by atoms with Gasteiger partial charge in [0.25, 0.3) is 5.91 Å². The van der Waals surface area contributed by atoms with Gasteiger partial charge in [-0.15, -0.1) is 12.4 Å². The van der Waals surface area contributed by atoms with Crippen LogP contribution in [0.3, 0.4) is 0 Å². The van der Waals surface area contributed by atoms with Gasteiger partial charge in [0.15, 0.2) is 0 Å². The minimum Gasteiger partial charge on any atom is -0.347 e. The van der Waals surface area contributed by atoms with Crippen LogP contribution in [0.5, 0.6) is 0 Å². The molecule has 0 bridgehead atoms. The van der Waals surface area contributed by atoms with Gasteiger partial charge in [-0.25, -0.2) is 0 Å². The second-order valence-electron chi connectivity index (χ2n) is 5.65. The Labute approximate surface area is 132 Å². The van der Waals surface area contributed by atoms with Gasteiger partial charge in [-0.05, 0) is 40.0 Å². The lowest BCUT2D eigenvalue weighted by Gasteiger charge is -2.21. The van der Waals surface area contributed by atoms with Gasteiger partial charge in [-0.2, -0.15) is 0 Å². The molecule has 0 radical (unpaired) electrons. The molecule has 1 aromatic carbocycles. The summed E-state index contributed by atoms with van der Waals surface area (Å²) in [6.45, 7) is 6.35. The molecule has 6 heteroatoms. The monoisotopic (exact) mass is 313 g/mol. The second-order valence-corrected chi connectivity index (χ2v) is 5.65. The van der Waals surface area contributed by atoms with Crippen molar-refractivity contribution in [3.05, 3.63) is 29.8 Å². The van der Waals surface area contributed by atoms with Gasteiger partial charge in [-0.1, -0.05) is 12.1 Å². The maximum Gasteiger partial charge on any atom is 0.253 e. The van der Waals surface area contributed by atoms with Gasteiger partial charge in [0.05, 0.1) is 11.3 Å². The summed E-state index contributed by atoms with van der Waals surface area (Å²) >= 11 is 0. The molecule has 0 fully saturated rings. The molecule has 2 amide bonds. The third-order valence-electron chi connectivity index (χ3n) is 2.54. The van der Waals surface area contributed by atoms with Crippen molar-refractivity contribution in [3.8, 4) is 0 Å². The zero-order valence-electron chi connectivity index (χ0n) is 12.9. The van der Waals surface area contributed by atoms with Crippen LogP contribution in [0.15, 0.2) is 24.3 Å². The highest BCUT2D eigenvalue weighted by atomic mass is 35.5. The molecule has 1 aromatic rings. The number of anilines is 1. The SMILES string of the molecule is CNCCC(=O)Nc1ccccc1C(=O)NC(C)(C)C.Cl. The van der Waals surface area contributed by atoms with Crippen LogP contribution in [0.4, 0.5) is 5.69 Å². The fourth-order valence-electron chi connectivity index (χ4n) is 1.65. The molecule has 21 heavy (non-hydrogen) atoms. The third kappa shape index (κ3) is 7.11. The topological polar surface area (TPSA) is 70.2 Å². The van der Waals surface area contributed by atoms with Crippen molar-refractivity contribution >= 4 is 29.9 Å². The van der Waals surface area contributed by atoms with E-state index in [0.717, 1.165) is 0 Å². The van der Waals surface area contributed by atoms with E-state index in [1.165, 1.54) is 0 Å². The van der Waals surface area contributed by atoms with Gasteiger partial charge in [0.2, 0.25) is 5.91 Å². The summed E-state index contributed by atoms with van der Waals surface area (Å²) in [6.07, 6.45) is 0.367. The molecule has 0 aliphatic rings. The molecule has 0 spiro atoms. The third-order valence-corrected chi connectivity index (χ3v) is 2.54. The molecule has 0 atom stereocenters. The maximum atomic E-state index is 12.2. The van der Waals surface area contributed by atoms with Crippen molar-refractivity contribution in [3.63, 3.8) is 0 Å². The van der Waals surface area contributed by atoms with Crippen LogP contribution in [0.2, 0.25) is 0 Å². The van der Waals surface area contributed by atoms with Crippen molar-refractivity contribution in [2.75, 3.05) is 18.9 Å². The predicted octanol–water partition coefficient (Wildman–Crippen LogP) is 2.18. The van der Waals surface area contributed by atoms with E-state index in [4.69, 9.17) is 0 Å². The van der Waals surface area contributed by atoms with Crippen LogP contribution < -0.4 is 16.0 Å². The van der Waals surface area contributed by atoms with Crippen LogP contribution in [0.1, 0.15) is 37.6 Å². The van der Waals surface area contributed by atoms with Crippen molar-refractivity contribution in [1.82, 2.24) is 10.6 Å². The molecule has 0 saturated carbocycles. The lowest BCUT2D eigenvalue weighted by molar-refractivity contribution is -0.116. The molecular weight excluding hydrogens is 290 g/mol. The van der Waals surface area contributed by atoms with E-state index in [9.17, 15) is 9.59 Å². The number of carbonyl (C=O) groups is 2. The highest BCUT2D eigenvalue weighted by molar-refractivity contribution is 6.04. The van der Waals surface area contributed by atoms with Crippen LogP contribution >= 0.6 is 12.4 Å². The number of benzene rings is 1. The molecule has 0 unspecified atom stereocenters. The number of carbonyl (C=O) groups excluding carboxylic acids is 2. The fraction of sp³-hybridized carbons (Fsp3) is 0.467. The number of halogens is 1.